The zero-order valence-corrected chi connectivity index (χ0v) is 9.37. The van der Waals surface area contributed by atoms with Crippen molar-refractivity contribution in [2.24, 2.45) is 0 Å². The van der Waals surface area contributed by atoms with E-state index in [-0.39, 0.29) is 12.7 Å². The van der Waals surface area contributed by atoms with E-state index in [0.717, 1.165) is 6.42 Å². The molecular formula is C12H24O2. The summed E-state index contributed by atoms with van der Waals surface area (Å²) in [6.07, 6.45) is 10.5. The molecule has 0 radical (unpaired) electrons. The van der Waals surface area contributed by atoms with E-state index in [1.54, 1.807) is 0 Å². The van der Waals surface area contributed by atoms with Crippen molar-refractivity contribution in [3.63, 3.8) is 0 Å². The molecule has 0 unspecified atom stereocenters. The second-order valence-corrected chi connectivity index (χ2v) is 4.34. The van der Waals surface area contributed by atoms with Crippen LogP contribution in [0.5, 0.6) is 0 Å². The molecule has 0 aromatic rings. The summed E-state index contributed by atoms with van der Waals surface area (Å²) in [5.41, 5.74) is 0. The first-order valence-corrected chi connectivity index (χ1v) is 6.13. The number of hydrogen-bond donors (Lipinski definition) is 1. The molecule has 2 atom stereocenters. The molecule has 1 rings (SSSR count). The predicted octanol–water partition coefficient (Wildman–Crippen LogP) is 2.89. The van der Waals surface area contributed by atoms with Crippen molar-refractivity contribution in [2.75, 3.05) is 6.61 Å². The van der Waals surface area contributed by atoms with Crippen LogP contribution in [0.25, 0.3) is 0 Å². The van der Waals surface area contributed by atoms with Crippen LogP contribution in [-0.4, -0.2) is 23.9 Å². The third-order valence-electron chi connectivity index (χ3n) is 3.02. The quantitative estimate of drug-likeness (QED) is 0.668. The summed E-state index contributed by atoms with van der Waals surface area (Å²) in [5.74, 6) is 0. The number of aliphatic hydroxyl groups is 1. The van der Waals surface area contributed by atoms with Gasteiger partial charge in [0.2, 0.25) is 0 Å². The van der Waals surface area contributed by atoms with Crippen molar-refractivity contribution in [1.29, 1.82) is 0 Å². The highest BCUT2D eigenvalue weighted by atomic mass is 16.5. The second-order valence-electron chi connectivity index (χ2n) is 4.34. The molecule has 1 fully saturated rings. The average Bonchev–Trinajstić information content (AvgIpc) is 2.25. The van der Waals surface area contributed by atoms with Gasteiger partial charge < -0.3 is 9.84 Å². The fraction of sp³-hybridized carbons (Fsp3) is 1.00. The molecule has 1 saturated heterocycles. The Balaban J connectivity index is 2.05. The van der Waals surface area contributed by atoms with Crippen molar-refractivity contribution >= 4 is 0 Å². The average molecular weight is 200 g/mol. The van der Waals surface area contributed by atoms with Gasteiger partial charge in [-0.25, -0.2) is 0 Å². The summed E-state index contributed by atoms with van der Waals surface area (Å²) in [4.78, 5) is 0. The third-order valence-corrected chi connectivity index (χ3v) is 3.02. The lowest BCUT2D eigenvalue weighted by atomic mass is 10.00. The fourth-order valence-corrected chi connectivity index (χ4v) is 2.13. The third kappa shape index (κ3) is 4.43. The predicted molar refractivity (Wildman–Crippen MR) is 58.4 cm³/mol. The van der Waals surface area contributed by atoms with Crippen LogP contribution in [-0.2, 0) is 4.74 Å². The number of aliphatic hydroxyl groups excluding tert-OH is 1. The summed E-state index contributed by atoms with van der Waals surface area (Å²) in [7, 11) is 0. The molecule has 1 N–H and O–H groups in total. The molecule has 2 nitrogen and oxygen atoms in total. The molecule has 0 bridgehead atoms. The molecule has 0 aromatic carbocycles. The Morgan fingerprint density at radius 2 is 1.93 bits per heavy atom. The topological polar surface area (TPSA) is 29.5 Å². The van der Waals surface area contributed by atoms with E-state index in [2.05, 4.69) is 6.92 Å². The molecule has 1 heterocycles. The lowest BCUT2D eigenvalue weighted by molar-refractivity contribution is -0.0751. The first kappa shape index (κ1) is 12.0. The number of ether oxygens (including phenoxy) is 1. The highest BCUT2D eigenvalue weighted by Crippen LogP contribution is 2.22. The van der Waals surface area contributed by atoms with Crippen molar-refractivity contribution in [3.8, 4) is 0 Å². The molecule has 0 aromatic heterocycles. The highest BCUT2D eigenvalue weighted by Gasteiger charge is 2.20. The molecule has 14 heavy (non-hydrogen) atoms. The molecule has 84 valence electrons. The number of rotatable bonds is 6. The van der Waals surface area contributed by atoms with Gasteiger partial charge in [-0.15, -0.1) is 0 Å². The van der Waals surface area contributed by atoms with Crippen molar-refractivity contribution in [2.45, 2.75) is 70.5 Å². The lowest BCUT2D eigenvalue weighted by Crippen LogP contribution is -2.30. The Kier molecular flexibility index (Phi) is 6.20. The smallest absolute Gasteiger partial charge is 0.0809 e. The van der Waals surface area contributed by atoms with E-state index in [0.29, 0.717) is 6.10 Å². The van der Waals surface area contributed by atoms with E-state index < -0.39 is 0 Å². The van der Waals surface area contributed by atoms with Gasteiger partial charge in [0.15, 0.2) is 0 Å². The van der Waals surface area contributed by atoms with Gasteiger partial charge in [-0.3, -0.25) is 0 Å². The van der Waals surface area contributed by atoms with Crippen LogP contribution >= 0.6 is 0 Å². The monoisotopic (exact) mass is 200 g/mol. The summed E-state index contributed by atoms with van der Waals surface area (Å²) < 4.78 is 5.77. The molecule has 0 spiro atoms. The standard InChI is InChI=1S/C12H24O2/c1-2-3-4-5-7-11-8-6-9-12(10-13)14-11/h11-13H,2-10H2,1H3/t11-,12-/m1/s1. The Hall–Kier alpha value is -0.0800. The minimum Gasteiger partial charge on any atom is -0.394 e. The van der Waals surface area contributed by atoms with Crippen LogP contribution in [0.3, 0.4) is 0 Å². The van der Waals surface area contributed by atoms with Gasteiger partial charge in [0, 0.05) is 0 Å². The highest BCUT2D eigenvalue weighted by molar-refractivity contribution is 4.70. The fourth-order valence-electron chi connectivity index (χ4n) is 2.13. The normalized spacial score (nSPS) is 27.9. The molecule has 1 aliphatic rings. The van der Waals surface area contributed by atoms with Gasteiger partial charge >= 0.3 is 0 Å². The van der Waals surface area contributed by atoms with Gasteiger partial charge in [-0.1, -0.05) is 32.6 Å². The maximum absolute atomic E-state index is 8.99. The lowest BCUT2D eigenvalue weighted by Gasteiger charge is -2.29. The second kappa shape index (κ2) is 7.24. The van der Waals surface area contributed by atoms with Crippen LogP contribution in [0.2, 0.25) is 0 Å². The van der Waals surface area contributed by atoms with E-state index >= 15 is 0 Å². The maximum Gasteiger partial charge on any atom is 0.0809 e. The van der Waals surface area contributed by atoms with Gasteiger partial charge in [0.1, 0.15) is 0 Å². The molecule has 1 aliphatic heterocycles. The zero-order valence-electron chi connectivity index (χ0n) is 9.37. The number of unbranched alkanes of at least 4 members (excludes halogenated alkanes) is 3. The summed E-state index contributed by atoms with van der Waals surface area (Å²) in [6, 6.07) is 0. The van der Waals surface area contributed by atoms with Crippen LogP contribution in [0.1, 0.15) is 58.3 Å². The molecular weight excluding hydrogens is 176 g/mol. The first-order chi connectivity index (χ1) is 6.86. The first-order valence-electron chi connectivity index (χ1n) is 6.13. The Morgan fingerprint density at radius 1 is 1.14 bits per heavy atom. The maximum atomic E-state index is 8.99. The van der Waals surface area contributed by atoms with Gasteiger partial charge in [-0.2, -0.15) is 0 Å². The molecule has 0 saturated carbocycles. The SMILES string of the molecule is CCCCCC[C@@H]1CCC[C@H](CO)O1. The largest absolute Gasteiger partial charge is 0.394 e. The van der Waals surface area contributed by atoms with Gasteiger partial charge in [0.05, 0.1) is 18.8 Å². The molecule has 0 amide bonds. The summed E-state index contributed by atoms with van der Waals surface area (Å²) in [5, 5.41) is 8.99. The zero-order chi connectivity index (χ0) is 10.2. The van der Waals surface area contributed by atoms with Crippen molar-refractivity contribution < 1.29 is 9.84 Å². The van der Waals surface area contributed by atoms with E-state index in [1.807, 2.05) is 0 Å². The minimum absolute atomic E-state index is 0.125. The Labute approximate surface area is 87.7 Å². The van der Waals surface area contributed by atoms with Crippen LogP contribution in [0.15, 0.2) is 0 Å². The molecule has 2 heteroatoms. The van der Waals surface area contributed by atoms with Crippen molar-refractivity contribution in [1.82, 2.24) is 0 Å². The Morgan fingerprint density at radius 3 is 2.64 bits per heavy atom. The van der Waals surface area contributed by atoms with E-state index in [1.165, 1.54) is 44.9 Å². The van der Waals surface area contributed by atoms with Crippen LogP contribution in [0.4, 0.5) is 0 Å². The van der Waals surface area contributed by atoms with Crippen molar-refractivity contribution in [3.05, 3.63) is 0 Å². The van der Waals surface area contributed by atoms with E-state index in [9.17, 15) is 0 Å². The van der Waals surface area contributed by atoms with E-state index in [4.69, 9.17) is 9.84 Å². The van der Waals surface area contributed by atoms with Gasteiger partial charge in [-0.05, 0) is 25.7 Å². The summed E-state index contributed by atoms with van der Waals surface area (Å²) in [6.45, 7) is 2.43. The van der Waals surface area contributed by atoms with Crippen LogP contribution in [0, 0.1) is 0 Å². The van der Waals surface area contributed by atoms with Gasteiger partial charge in [0.25, 0.3) is 0 Å². The summed E-state index contributed by atoms with van der Waals surface area (Å²) >= 11 is 0. The minimum atomic E-state index is 0.125. The number of hydrogen-bond acceptors (Lipinski definition) is 2. The Bertz CT molecular complexity index is 136. The van der Waals surface area contributed by atoms with Crippen LogP contribution < -0.4 is 0 Å². The molecule has 0 aliphatic carbocycles.